The molecule has 1 aromatic carbocycles. The van der Waals surface area contributed by atoms with E-state index in [-0.39, 0.29) is 5.69 Å². The zero-order valence-electron chi connectivity index (χ0n) is 13.2. The minimum atomic E-state index is -1.81. The van der Waals surface area contributed by atoms with Gasteiger partial charge in [-0.15, -0.1) is 0 Å². The summed E-state index contributed by atoms with van der Waals surface area (Å²) >= 11 is 0. The molecule has 0 fully saturated rings. The van der Waals surface area contributed by atoms with Crippen LogP contribution in [0.1, 0.15) is 13.8 Å². The van der Waals surface area contributed by atoms with E-state index in [1.165, 1.54) is 30.0 Å². The average Bonchev–Trinajstić information content (AvgIpc) is 2.58. The van der Waals surface area contributed by atoms with E-state index in [2.05, 4.69) is 10.3 Å². The molecule has 1 aliphatic heterocycles. The minimum absolute atomic E-state index is 0.0137. The van der Waals surface area contributed by atoms with E-state index in [4.69, 9.17) is 4.74 Å². The number of carbonyl (C=O) groups is 2. The Bertz CT molecular complexity index is 811. The van der Waals surface area contributed by atoms with Gasteiger partial charge in [-0.25, -0.2) is 9.37 Å². The normalized spacial score (nSPS) is 19.5. The van der Waals surface area contributed by atoms with Crippen LogP contribution >= 0.6 is 0 Å². The lowest BCUT2D eigenvalue weighted by molar-refractivity contribution is -0.145. The van der Waals surface area contributed by atoms with Gasteiger partial charge < -0.3 is 10.1 Å². The number of para-hydroxylation sites is 1. The Balaban J connectivity index is 1.96. The molecule has 0 spiro atoms. The van der Waals surface area contributed by atoms with Gasteiger partial charge in [0, 0.05) is 12.7 Å². The first-order valence-electron chi connectivity index (χ1n) is 7.49. The number of anilines is 2. The van der Waals surface area contributed by atoms with Gasteiger partial charge in [-0.3, -0.25) is 14.5 Å². The van der Waals surface area contributed by atoms with Crippen LogP contribution in [0.25, 0.3) is 0 Å². The predicted octanol–water partition coefficient (Wildman–Crippen LogP) is 2.36. The maximum atomic E-state index is 13.8. The van der Waals surface area contributed by atoms with Crippen molar-refractivity contribution in [3.63, 3.8) is 0 Å². The lowest BCUT2D eigenvalue weighted by Gasteiger charge is -2.38. The van der Waals surface area contributed by atoms with Crippen molar-refractivity contribution in [3.05, 3.63) is 48.4 Å². The minimum Gasteiger partial charge on any atom is -0.464 e. The molecule has 1 atom stereocenters. The van der Waals surface area contributed by atoms with E-state index in [1.54, 1.807) is 31.3 Å². The van der Waals surface area contributed by atoms with E-state index in [1.807, 2.05) is 0 Å². The van der Waals surface area contributed by atoms with Gasteiger partial charge in [0.25, 0.3) is 17.4 Å². The number of nitrogens with one attached hydrogen (secondary N) is 1. The summed E-state index contributed by atoms with van der Waals surface area (Å²) in [5.74, 6) is -1.20. The molecule has 0 saturated heterocycles. The van der Waals surface area contributed by atoms with Gasteiger partial charge in [0.2, 0.25) is 0 Å². The van der Waals surface area contributed by atoms with Crippen molar-refractivity contribution >= 4 is 23.3 Å². The van der Waals surface area contributed by atoms with Crippen molar-refractivity contribution in [3.8, 4) is 5.75 Å². The number of ether oxygens (including phenoxy) is 1. The highest BCUT2D eigenvalue weighted by molar-refractivity contribution is 6.19. The third-order valence-electron chi connectivity index (χ3n) is 3.85. The molecule has 0 aliphatic carbocycles. The number of hydrogen-bond donors (Lipinski definition) is 1. The molecule has 0 radical (unpaired) electrons. The Morgan fingerprint density at radius 3 is 2.79 bits per heavy atom. The number of rotatable bonds is 3. The van der Waals surface area contributed by atoms with Crippen LogP contribution in [0.5, 0.6) is 5.75 Å². The summed E-state index contributed by atoms with van der Waals surface area (Å²) in [6.07, 6.45) is 1.54. The monoisotopic (exact) mass is 329 g/mol. The molecule has 0 unspecified atom stereocenters. The van der Waals surface area contributed by atoms with Crippen LogP contribution in [0.2, 0.25) is 0 Å². The molecule has 24 heavy (non-hydrogen) atoms. The van der Waals surface area contributed by atoms with Crippen molar-refractivity contribution in [2.24, 2.45) is 0 Å². The fourth-order valence-electron chi connectivity index (χ4n) is 2.52. The Hall–Kier alpha value is -2.96. The van der Waals surface area contributed by atoms with Crippen LogP contribution in [-0.4, -0.2) is 28.9 Å². The number of aromatic nitrogens is 1. The Morgan fingerprint density at radius 1 is 1.33 bits per heavy atom. The molecule has 0 saturated carbocycles. The van der Waals surface area contributed by atoms with E-state index in [0.29, 0.717) is 18.1 Å². The van der Waals surface area contributed by atoms with Crippen molar-refractivity contribution < 1.29 is 18.7 Å². The molecule has 1 N–H and O–H groups in total. The molecular formula is C17H16FN3O3. The van der Waals surface area contributed by atoms with E-state index < -0.39 is 23.2 Å². The number of fused-ring (bicyclic) bond motifs is 1. The lowest BCUT2D eigenvalue weighted by Crippen LogP contribution is -2.61. The van der Waals surface area contributed by atoms with Gasteiger partial charge in [0.15, 0.2) is 11.6 Å². The molecule has 0 bridgehead atoms. The molecule has 2 amide bonds. The lowest BCUT2D eigenvalue weighted by atomic mass is 10.0. The number of amides is 2. The summed E-state index contributed by atoms with van der Waals surface area (Å²) in [5, 5.41) is 2.42. The van der Waals surface area contributed by atoms with Gasteiger partial charge in [0.1, 0.15) is 5.82 Å². The maximum Gasteiger partial charge on any atom is 0.282 e. The number of carbonyl (C=O) groups excluding carboxylic acids is 2. The summed E-state index contributed by atoms with van der Waals surface area (Å²) in [5.41, 5.74) is -1.82. The van der Waals surface area contributed by atoms with Crippen molar-refractivity contribution in [2.45, 2.75) is 19.4 Å². The zero-order chi connectivity index (χ0) is 17.3. The second kappa shape index (κ2) is 5.92. The summed E-state index contributed by atoms with van der Waals surface area (Å²) < 4.78 is 19.4. The number of hydrogen-bond acceptors (Lipinski definition) is 4. The summed E-state index contributed by atoms with van der Waals surface area (Å²) in [4.78, 5) is 30.9. The van der Waals surface area contributed by atoms with Crippen LogP contribution in [0, 0.1) is 5.82 Å². The van der Waals surface area contributed by atoms with Crippen LogP contribution in [-0.2, 0) is 9.59 Å². The molecule has 2 heterocycles. The van der Waals surface area contributed by atoms with Crippen LogP contribution < -0.4 is 15.0 Å². The van der Waals surface area contributed by atoms with Crippen LogP contribution in [0.15, 0.2) is 42.6 Å². The number of pyridine rings is 1. The topological polar surface area (TPSA) is 71.5 Å². The largest absolute Gasteiger partial charge is 0.464 e. The average molecular weight is 329 g/mol. The van der Waals surface area contributed by atoms with Gasteiger partial charge in [-0.2, -0.15) is 0 Å². The van der Waals surface area contributed by atoms with Crippen LogP contribution in [0.4, 0.5) is 15.9 Å². The van der Waals surface area contributed by atoms with E-state index in [9.17, 15) is 14.0 Å². The van der Waals surface area contributed by atoms with E-state index in [0.717, 1.165) is 0 Å². The second-order valence-electron chi connectivity index (χ2n) is 5.44. The number of benzene rings is 1. The maximum absolute atomic E-state index is 13.8. The zero-order valence-corrected chi connectivity index (χ0v) is 13.2. The SMILES string of the molecule is CCN1C(=O)[C@](C)(C(=O)Nc2ccccc2F)Oc2cccnc21. The van der Waals surface area contributed by atoms with Gasteiger partial charge in [0.05, 0.1) is 5.69 Å². The molecular weight excluding hydrogens is 313 g/mol. The predicted molar refractivity (Wildman–Crippen MR) is 86.3 cm³/mol. The quantitative estimate of drug-likeness (QED) is 0.878. The molecule has 7 heteroatoms. The molecule has 2 aromatic rings. The van der Waals surface area contributed by atoms with Crippen LogP contribution in [0.3, 0.4) is 0 Å². The van der Waals surface area contributed by atoms with Gasteiger partial charge in [-0.1, -0.05) is 12.1 Å². The highest BCUT2D eigenvalue weighted by Gasteiger charge is 2.51. The number of nitrogens with zero attached hydrogens (tertiary/aromatic N) is 2. The third kappa shape index (κ3) is 2.47. The Morgan fingerprint density at radius 2 is 2.08 bits per heavy atom. The third-order valence-corrected chi connectivity index (χ3v) is 3.85. The first kappa shape index (κ1) is 15.9. The summed E-state index contributed by atoms with van der Waals surface area (Å²) in [6.45, 7) is 3.47. The summed E-state index contributed by atoms with van der Waals surface area (Å²) in [6, 6.07) is 9.01. The number of likely N-dealkylation sites (N-methyl/N-ethyl adjacent to an activating group) is 1. The van der Waals surface area contributed by atoms with Crippen molar-refractivity contribution in [1.82, 2.24) is 4.98 Å². The first-order valence-corrected chi connectivity index (χ1v) is 7.49. The molecule has 124 valence electrons. The fourth-order valence-corrected chi connectivity index (χ4v) is 2.52. The van der Waals surface area contributed by atoms with E-state index >= 15 is 0 Å². The van der Waals surface area contributed by atoms with Crippen molar-refractivity contribution in [1.29, 1.82) is 0 Å². The Kier molecular flexibility index (Phi) is 3.92. The number of halogens is 1. The van der Waals surface area contributed by atoms with Gasteiger partial charge in [-0.05, 0) is 38.1 Å². The molecule has 1 aliphatic rings. The summed E-state index contributed by atoms with van der Waals surface area (Å²) in [7, 11) is 0. The molecule has 1 aromatic heterocycles. The Labute approximate surface area is 138 Å². The first-order chi connectivity index (χ1) is 11.5. The fraction of sp³-hybridized carbons (Fsp3) is 0.235. The smallest absolute Gasteiger partial charge is 0.282 e. The molecule has 6 nitrogen and oxygen atoms in total. The van der Waals surface area contributed by atoms with Crippen molar-refractivity contribution in [2.75, 3.05) is 16.8 Å². The highest BCUT2D eigenvalue weighted by Crippen LogP contribution is 2.36. The second-order valence-corrected chi connectivity index (χ2v) is 5.44. The van der Waals surface area contributed by atoms with Gasteiger partial charge >= 0.3 is 0 Å². The standard InChI is InChI=1S/C17H16FN3O3/c1-3-21-14-13(9-6-10-19-14)24-17(2,16(21)23)15(22)20-12-8-5-4-7-11(12)18/h4-10H,3H2,1-2H3,(H,20,22)/t17-/m0/s1. The highest BCUT2D eigenvalue weighted by atomic mass is 19.1. The molecule has 3 rings (SSSR count).